The van der Waals surface area contributed by atoms with Crippen molar-refractivity contribution in [1.29, 1.82) is 0 Å². The topological polar surface area (TPSA) is 47.6 Å². The summed E-state index contributed by atoms with van der Waals surface area (Å²) in [5.74, 6) is 0.155. The van der Waals surface area contributed by atoms with Gasteiger partial charge in [0.1, 0.15) is 6.29 Å². The van der Waals surface area contributed by atoms with Gasteiger partial charge in [0.25, 0.3) is 0 Å². The molecule has 0 radical (unpaired) electrons. The number of nitrogens with one attached hydrogen (secondary N) is 2. The summed E-state index contributed by atoms with van der Waals surface area (Å²) in [6.07, 6.45) is 0.760. The van der Waals surface area contributed by atoms with Crippen molar-refractivity contribution < 1.29 is 4.79 Å². The molecule has 0 aromatic heterocycles. The van der Waals surface area contributed by atoms with Gasteiger partial charge >= 0.3 is 0 Å². The van der Waals surface area contributed by atoms with E-state index in [1.807, 2.05) is 0 Å². The van der Waals surface area contributed by atoms with Crippen LogP contribution in [-0.2, 0) is 11.2 Å². The van der Waals surface area contributed by atoms with E-state index >= 15 is 0 Å². The Bertz CT molecular complexity index is 536. The van der Waals surface area contributed by atoms with Gasteiger partial charge in [0, 0.05) is 32.2 Å². The van der Waals surface area contributed by atoms with Crippen molar-refractivity contribution in [2.24, 2.45) is 5.92 Å². The van der Waals surface area contributed by atoms with E-state index in [0.717, 1.165) is 32.6 Å². The Morgan fingerprint density at radius 1 is 1.13 bits per heavy atom. The molecule has 3 rings (SSSR count). The molecule has 5 heteroatoms. The van der Waals surface area contributed by atoms with E-state index < -0.39 is 0 Å². The molecule has 0 aliphatic carbocycles. The highest BCUT2D eigenvalue weighted by Gasteiger charge is 2.36. The first-order valence-corrected chi connectivity index (χ1v) is 8.57. The van der Waals surface area contributed by atoms with Crippen molar-refractivity contribution in [2.75, 3.05) is 33.2 Å². The fraction of sp³-hybridized carbons (Fsp3) is 0.611. The predicted octanol–water partition coefficient (Wildman–Crippen LogP) is 0.793. The second kappa shape index (κ2) is 6.99. The van der Waals surface area contributed by atoms with Gasteiger partial charge < -0.3 is 10.2 Å². The smallest absolute Gasteiger partial charge is 0.227 e. The average molecular weight is 316 g/mol. The molecule has 2 fully saturated rings. The predicted molar refractivity (Wildman–Crippen MR) is 92.0 cm³/mol. The van der Waals surface area contributed by atoms with E-state index in [1.165, 1.54) is 11.1 Å². The first kappa shape index (κ1) is 16.4. The van der Waals surface area contributed by atoms with Gasteiger partial charge in [0.2, 0.25) is 5.91 Å². The minimum Gasteiger partial charge on any atom is -0.328 e. The number of benzene rings is 1. The van der Waals surface area contributed by atoms with Gasteiger partial charge in [-0.25, -0.2) is 0 Å². The molecule has 3 unspecified atom stereocenters. The van der Waals surface area contributed by atoms with Crippen LogP contribution in [0.5, 0.6) is 0 Å². The molecule has 1 aromatic carbocycles. The molecule has 2 aliphatic heterocycles. The van der Waals surface area contributed by atoms with Crippen molar-refractivity contribution in [2.45, 2.75) is 32.6 Å². The van der Waals surface area contributed by atoms with Gasteiger partial charge in [0.05, 0.1) is 5.92 Å². The quantitative estimate of drug-likeness (QED) is 0.866. The van der Waals surface area contributed by atoms with Crippen molar-refractivity contribution in [3.8, 4) is 0 Å². The minimum atomic E-state index is -0.0273. The summed E-state index contributed by atoms with van der Waals surface area (Å²) in [6.45, 7) is 8.29. The summed E-state index contributed by atoms with van der Waals surface area (Å²) >= 11 is 0. The summed E-state index contributed by atoms with van der Waals surface area (Å²) in [6, 6.07) is 8.65. The normalized spacial score (nSPS) is 30.2. The number of hydrogen-bond acceptors (Lipinski definition) is 4. The van der Waals surface area contributed by atoms with Crippen LogP contribution < -0.4 is 10.6 Å². The highest BCUT2D eigenvalue weighted by atomic mass is 16.2. The summed E-state index contributed by atoms with van der Waals surface area (Å²) < 4.78 is 0. The number of likely N-dealkylation sites (N-methyl/N-ethyl adjacent to an activating group) is 1. The third-order valence-electron chi connectivity index (χ3n) is 5.12. The van der Waals surface area contributed by atoms with Crippen LogP contribution in [0.25, 0.3) is 0 Å². The minimum absolute atomic E-state index is 0.0126. The fourth-order valence-corrected chi connectivity index (χ4v) is 3.40. The molecule has 0 spiro atoms. The van der Waals surface area contributed by atoms with Crippen molar-refractivity contribution in [1.82, 2.24) is 20.4 Å². The molecular weight excluding hydrogens is 288 g/mol. The lowest BCUT2D eigenvalue weighted by Crippen LogP contribution is -2.68. The number of rotatable bonds is 3. The van der Waals surface area contributed by atoms with E-state index in [-0.39, 0.29) is 24.2 Å². The summed E-state index contributed by atoms with van der Waals surface area (Å²) in [4.78, 5) is 17.3. The number of nitrogens with zero attached hydrogens (tertiary/aromatic N) is 2. The van der Waals surface area contributed by atoms with Crippen molar-refractivity contribution in [3.63, 3.8) is 0 Å². The second-order valence-electron chi connectivity index (χ2n) is 7.00. The molecule has 126 valence electrons. The maximum Gasteiger partial charge on any atom is 0.227 e. The van der Waals surface area contributed by atoms with Crippen LogP contribution in [0.4, 0.5) is 0 Å². The Kier molecular flexibility index (Phi) is 4.99. The zero-order chi connectivity index (χ0) is 16.4. The zero-order valence-electron chi connectivity index (χ0n) is 14.4. The first-order chi connectivity index (χ1) is 11.0. The summed E-state index contributed by atoms with van der Waals surface area (Å²) in [5, 5.41) is 6.76. The van der Waals surface area contributed by atoms with Crippen LogP contribution in [0.3, 0.4) is 0 Å². The first-order valence-electron chi connectivity index (χ1n) is 8.57. The monoisotopic (exact) mass is 316 g/mol. The van der Waals surface area contributed by atoms with Crippen LogP contribution in [0, 0.1) is 12.8 Å². The van der Waals surface area contributed by atoms with Crippen LogP contribution in [0.15, 0.2) is 24.3 Å². The van der Waals surface area contributed by atoms with Gasteiger partial charge in [-0.05, 0) is 32.9 Å². The van der Waals surface area contributed by atoms with Gasteiger partial charge in [-0.1, -0.05) is 29.8 Å². The van der Waals surface area contributed by atoms with Crippen LogP contribution in [0.1, 0.15) is 18.1 Å². The summed E-state index contributed by atoms with van der Waals surface area (Å²) in [5.41, 5.74) is 2.48. The highest BCUT2D eigenvalue weighted by Crippen LogP contribution is 2.18. The van der Waals surface area contributed by atoms with Crippen LogP contribution >= 0.6 is 0 Å². The number of amides is 1. The molecule has 0 bridgehead atoms. The molecule has 2 heterocycles. The Labute approximate surface area is 139 Å². The lowest BCUT2D eigenvalue weighted by atomic mass is 9.90. The van der Waals surface area contributed by atoms with E-state index in [2.05, 4.69) is 65.6 Å². The van der Waals surface area contributed by atoms with Gasteiger partial charge in [-0.15, -0.1) is 0 Å². The number of hydrogen-bond donors (Lipinski definition) is 2. The number of carbonyl (C=O) groups is 1. The third kappa shape index (κ3) is 3.91. The largest absolute Gasteiger partial charge is 0.328 e. The lowest BCUT2D eigenvalue weighted by molar-refractivity contribution is -0.132. The molecule has 3 atom stereocenters. The highest BCUT2D eigenvalue weighted by molar-refractivity contribution is 5.80. The molecule has 2 saturated heterocycles. The molecule has 0 saturated carbocycles. The number of carbonyl (C=O) groups excluding carboxylic acids is 1. The van der Waals surface area contributed by atoms with Gasteiger partial charge in [-0.3, -0.25) is 15.0 Å². The molecule has 1 amide bonds. The Morgan fingerprint density at radius 2 is 1.78 bits per heavy atom. The van der Waals surface area contributed by atoms with Crippen molar-refractivity contribution in [3.05, 3.63) is 35.4 Å². The van der Waals surface area contributed by atoms with E-state index in [9.17, 15) is 4.79 Å². The molecule has 2 aliphatic rings. The van der Waals surface area contributed by atoms with Crippen LogP contribution in [0.2, 0.25) is 0 Å². The molecule has 1 aromatic rings. The van der Waals surface area contributed by atoms with Gasteiger partial charge in [-0.2, -0.15) is 0 Å². The SMILES string of the molecule is Cc1ccc(CC2C(=O)NC(N3CCN(C)CC3)NC2C)cc1. The average Bonchev–Trinajstić information content (AvgIpc) is 2.53. The van der Waals surface area contributed by atoms with E-state index in [1.54, 1.807) is 0 Å². The van der Waals surface area contributed by atoms with Crippen LogP contribution in [-0.4, -0.2) is 61.3 Å². The zero-order valence-corrected chi connectivity index (χ0v) is 14.4. The van der Waals surface area contributed by atoms with E-state index in [0.29, 0.717) is 0 Å². The molecule has 2 N–H and O–H groups in total. The maximum absolute atomic E-state index is 12.6. The fourth-order valence-electron chi connectivity index (χ4n) is 3.40. The Hall–Kier alpha value is -1.43. The van der Waals surface area contributed by atoms with Gasteiger partial charge in [0.15, 0.2) is 0 Å². The summed E-state index contributed by atoms with van der Waals surface area (Å²) in [7, 11) is 2.14. The number of piperazine rings is 1. The maximum atomic E-state index is 12.6. The number of aryl methyl sites for hydroxylation is 1. The second-order valence-corrected chi connectivity index (χ2v) is 7.00. The van der Waals surface area contributed by atoms with Crippen molar-refractivity contribution >= 4 is 5.91 Å². The molecule has 5 nitrogen and oxygen atoms in total. The Morgan fingerprint density at radius 3 is 2.39 bits per heavy atom. The third-order valence-corrected chi connectivity index (χ3v) is 5.12. The lowest BCUT2D eigenvalue weighted by Gasteiger charge is -2.44. The molecule has 23 heavy (non-hydrogen) atoms. The standard InChI is InChI=1S/C18H28N4O/c1-13-4-6-15(7-5-13)12-16-14(2)19-18(20-17(16)23)22-10-8-21(3)9-11-22/h4-7,14,16,18-19H,8-12H2,1-3H3,(H,20,23). The van der Waals surface area contributed by atoms with E-state index in [4.69, 9.17) is 0 Å². The molecular formula is C18H28N4O. The Balaban J connectivity index is 1.60.